The number of ether oxygens (including phenoxy) is 1. The Morgan fingerprint density at radius 3 is 2.28 bits per heavy atom. The van der Waals surface area contributed by atoms with Gasteiger partial charge >= 0.3 is 0 Å². The smallest absolute Gasteiger partial charge is 0.118 e. The van der Waals surface area contributed by atoms with Crippen molar-refractivity contribution in [3.8, 4) is 29.2 Å². The summed E-state index contributed by atoms with van der Waals surface area (Å²) in [6.45, 7) is 2.11. The Bertz CT molecular complexity index is 574. The molecule has 0 unspecified atom stereocenters. The van der Waals surface area contributed by atoms with Gasteiger partial charge in [-0.25, -0.2) is 0 Å². The molecule has 0 fully saturated rings. The Morgan fingerprint density at radius 2 is 1.72 bits per heavy atom. The van der Waals surface area contributed by atoms with E-state index in [1.165, 1.54) is 5.56 Å². The Balaban J connectivity index is 2.41. The minimum Gasteiger partial charge on any atom is -0.497 e. The molecule has 90 valence electrons. The zero-order valence-corrected chi connectivity index (χ0v) is 10.7. The maximum atomic E-state index is 5.55. The van der Waals surface area contributed by atoms with E-state index in [0.717, 1.165) is 28.9 Å². The number of rotatable bonds is 3. The topological polar surface area (TPSA) is 9.23 Å². The Morgan fingerprint density at radius 1 is 1.06 bits per heavy atom. The molecule has 1 nitrogen and oxygen atoms in total. The molecule has 0 bridgehead atoms. The first-order valence-corrected chi connectivity index (χ1v) is 6.02. The van der Waals surface area contributed by atoms with Crippen molar-refractivity contribution in [3.63, 3.8) is 0 Å². The molecule has 18 heavy (non-hydrogen) atoms. The van der Waals surface area contributed by atoms with E-state index in [9.17, 15) is 0 Å². The van der Waals surface area contributed by atoms with Crippen LogP contribution in [0.1, 0.15) is 18.1 Å². The van der Waals surface area contributed by atoms with E-state index in [-0.39, 0.29) is 0 Å². The average Bonchev–Trinajstić information content (AvgIpc) is 2.46. The number of hydrogen-bond acceptors (Lipinski definition) is 1. The minimum atomic E-state index is 0.862. The van der Waals surface area contributed by atoms with Crippen LogP contribution in [0.3, 0.4) is 0 Å². The molecule has 0 amide bonds. The van der Waals surface area contributed by atoms with E-state index in [2.05, 4.69) is 31.0 Å². The SMILES string of the molecule is C#Cc1cc(-c2ccc(OC)cc2)ccc1CC. The maximum absolute atomic E-state index is 5.55. The summed E-state index contributed by atoms with van der Waals surface area (Å²) in [7, 11) is 1.67. The molecule has 0 heterocycles. The molecule has 0 saturated heterocycles. The Kier molecular flexibility index (Phi) is 3.69. The van der Waals surface area contributed by atoms with Crippen LogP contribution in [0.2, 0.25) is 0 Å². The van der Waals surface area contributed by atoms with Gasteiger partial charge in [-0.3, -0.25) is 0 Å². The second-order valence-corrected chi connectivity index (χ2v) is 4.10. The van der Waals surface area contributed by atoms with Gasteiger partial charge in [0, 0.05) is 5.56 Å². The number of terminal acetylenes is 1. The molecule has 0 aliphatic carbocycles. The van der Waals surface area contributed by atoms with E-state index in [0.29, 0.717) is 0 Å². The van der Waals surface area contributed by atoms with Gasteiger partial charge in [-0.2, -0.15) is 0 Å². The van der Waals surface area contributed by atoms with Gasteiger partial charge < -0.3 is 4.74 Å². The van der Waals surface area contributed by atoms with Crippen LogP contribution in [0.4, 0.5) is 0 Å². The van der Waals surface area contributed by atoms with Gasteiger partial charge in [-0.05, 0) is 41.3 Å². The summed E-state index contributed by atoms with van der Waals surface area (Å²) in [6, 6.07) is 14.3. The molecule has 0 radical (unpaired) electrons. The zero-order chi connectivity index (χ0) is 13.0. The molecular weight excluding hydrogens is 220 g/mol. The Hall–Kier alpha value is -2.20. The summed E-state index contributed by atoms with van der Waals surface area (Å²) in [5, 5.41) is 0. The lowest BCUT2D eigenvalue weighted by atomic mass is 9.98. The summed E-state index contributed by atoms with van der Waals surface area (Å²) in [6.07, 6.45) is 6.51. The highest BCUT2D eigenvalue weighted by atomic mass is 16.5. The fourth-order valence-corrected chi connectivity index (χ4v) is 1.98. The lowest BCUT2D eigenvalue weighted by Gasteiger charge is -2.07. The molecule has 2 rings (SSSR count). The Labute approximate surface area is 108 Å². The minimum absolute atomic E-state index is 0.862. The van der Waals surface area contributed by atoms with Crippen LogP contribution in [-0.4, -0.2) is 7.11 Å². The number of methoxy groups -OCH3 is 1. The molecule has 0 aromatic heterocycles. The maximum Gasteiger partial charge on any atom is 0.118 e. The van der Waals surface area contributed by atoms with Gasteiger partial charge in [0.15, 0.2) is 0 Å². The first-order valence-electron chi connectivity index (χ1n) is 6.02. The van der Waals surface area contributed by atoms with Gasteiger partial charge in [0.25, 0.3) is 0 Å². The fraction of sp³-hybridized carbons (Fsp3) is 0.176. The van der Waals surface area contributed by atoms with Gasteiger partial charge in [-0.1, -0.05) is 37.1 Å². The molecule has 0 atom stereocenters. The third-order valence-electron chi connectivity index (χ3n) is 3.07. The number of hydrogen-bond donors (Lipinski definition) is 0. The van der Waals surface area contributed by atoms with E-state index in [4.69, 9.17) is 11.2 Å². The molecular formula is C17H16O. The summed E-state index contributed by atoms with van der Waals surface area (Å²) in [4.78, 5) is 0. The predicted octanol–water partition coefficient (Wildman–Crippen LogP) is 3.91. The molecule has 0 saturated carbocycles. The van der Waals surface area contributed by atoms with E-state index < -0.39 is 0 Å². The molecule has 1 heteroatoms. The summed E-state index contributed by atoms with van der Waals surface area (Å²) < 4.78 is 5.15. The number of aryl methyl sites for hydroxylation is 1. The van der Waals surface area contributed by atoms with Crippen LogP contribution in [0.5, 0.6) is 5.75 Å². The van der Waals surface area contributed by atoms with Crippen molar-refractivity contribution in [2.75, 3.05) is 7.11 Å². The largest absolute Gasteiger partial charge is 0.497 e. The first-order chi connectivity index (χ1) is 8.78. The van der Waals surface area contributed by atoms with Gasteiger partial charge in [0.05, 0.1) is 7.11 Å². The van der Waals surface area contributed by atoms with Gasteiger partial charge in [0.2, 0.25) is 0 Å². The number of benzene rings is 2. The lowest BCUT2D eigenvalue weighted by molar-refractivity contribution is 0.415. The monoisotopic (exact) mass is 236 g/mol. The normalized spacial score (nSPS) is 9.83. The van der Waals surface area contributed by atoms with Crippen LogP contribution in [0.15, 0.2) is 42.5 Å². The molecule has 0 N–H and O–H groups in total. The van der Waals surface area contributed by atoms with Crippen molar-refractivity contribution in [2.45, 2.75) is 13.3 Å². The van der Waals surface area contributed by atoms with Crippen molar-refractivity contribution < 1.29 is 4.74 Å². The van der Waals surface area contributed by atoms with E-state index >= 15 is 0 Å². The molecule has 0 aliphatic heterocycles. The summed E-state index contributed by atoms with van der Waals surface area (Å²) >= 11 is 0. The van der Waals surface area contributed by atoms with Gasteiger partial charge in [-0.15, -0.1) is 6.42 Å². The predicted molar refractivity (Wildman–Crippen MR) is 75.7 cm³/mol. The zero-order valence-electron chi connectivity index (χ0n) is 10.7. The highest BCUT2D eigenvalue weighted by Gasteiger charge is 2.03. The van der Waals surface area contributed by atoms with Crippen LogP contribution in [-0.2, 0) is 6.42 Å². The van der Waals surface area contributed by atoms with Crippen molar-refractivity contribution in [2.24, 2.45) is 0 Å². The average molecular weight is 236 g/mol. The van der Waals surface area contributed by atoms with Crippen molar-refractivity contribution in [1.29, 1.82) is 0 Å². The quantitative estimate of drug-likeness (QED) is 0.734. The standard InChI is InChI=1S/C17H16O/c1-4-13-6-7-16(12-14(13)5-2)15-8-10-17(18-3)11-9-15/h2,6-12H,4H2,1,3H3. The highest BCUT2D eigenvalue weighted by molar-refractivity contribution is 5.67. The summed E-state index contributed by atoms with van der Waals surface area (Å²) in [5.41, 5.74) is 4.48. The highest BCUT2D eigenvalue weighted by Crippen LogP contribution is 2.24. The van der Waals surface area contributed by atoms with Crippen LogP contribution >= 0.6 is 0 Å². The second-order valence-electron chi connectivity index (χ2n) is 4.10. The lowest BCUT2D eigenvalue weighted by Crippen LogP contribution is -1.89. The second kappa shape index (κ2) is 5.42. The van der Waals surface area contributed by atoms with Crippen LogP contribution in [0, 0.1) is 12.3 Å². The van der Waals surface area contributed by atoms with Gasteiger partial charge in [0.1, 0.15) is 5.75 Å². The third-order valence-corrected chi connectivity index (χ3v) is 3.07. The molecule has 0 aliphatic rings. The van der Waals surface area contributed by atoms with Crippen molar-refractivity contribution in [3.05, 3.63) is 53.6 Å². The fourth-order valence-electron chi connectivity index (χ4n) is 1.98. The molecule has 0 spiro atoms. The first kappa shape index (κ1) is 12.3. The van der Waals surface area contributed by atoms with Crippen molar-refractivity contribution >= 4 is 0 Å². The van der Waals surface area contributed by atoms with Crippen molar-refractivity contribution in [1.82, 2.24) is 0 Å². The molecule has 2 aromatic carbocycles. The third kappa shape index (κ3) is 2.38. The van der Waals surface area contributed by atoms with Crippen LogP contribution < -0.4 is 4.74 Å². The van der Waals surface area contributed by atoms with E-state index in [1.54, 1.807) is 7.11 Å². The van der Waals surface area contributed by atoms with E-state index in [1.807, 2.05) is 24.3 Å². The molecule has 2 aromatic rings. The van der Waals surface area contributed by atoms with Crippen LogP contribution in [0.25, 0.3) is 11.1 Å². The summed E-state index contributed by atoms with van der Waals surface area (Å²) in [5.74, 6) is 3.62.